The van der Waals surface area contributed by atoms with Gasteiger partial charge in [0.2, 0.25) is 0 Å². The van der Waals surface area contributed by atoms with E-state index in [9.17, 15) is 0 Å². The molecule has 2 fully saturated rings. The van der Waals surface area contributed by atoms with Crippen LogP contribution in [0, 0.1) is 5.92 Å². The first-order valence-electron chi connectivity index (χ1n) is 6.35. The summed E-state index contributed by atoms with van der Waals surface area (Å²) in [7, 11) is 2.22. The number of hydrogen-bond donors (Lipinski definition) is 1. The fourth-order valence-corrected chi connectivity index (χ4v) is 3.04. The molecule has 0 spiro atoms. The molecular weight excluding hydrogens is 186 g/mol. The van der Waals surface area contributed by atoms with Crippen molar-refractivity contribution in [2.24, 2.45) is 11.7 Å². The second-order valence-electron chi connectivity index (χ2n) is 5.46. The Morgan fingerprint density at radius 3 is 2.67 bits per heavy atom. The largest absolute Gasteiger partial charge is 0.327 e. The minimum absolute atomic E-state index is 0.469. The van der Waals surface area contributed by atoms with Gasteiger partial charge in [-0.25, -0.2) is 0 Å². The highest BCUT2D eigenvalue weighted by Crippen LogP contribution is 2.25. The second-order valence-corrected chi connectivity index (χ2v) is 5.46. The van der Waals surface area contributed by atoms with E-state index in [1.54, 1.807) is 0 Å². The molecule has 1 aliphatic carbocycles. The molecule has 0 radical (unpaired) electrons. The highest BCUT2D eigenvalue weighted by Gasteiger charge is 2.29. The van der Waals surface area contributed by atoms with E-state index in [2.05, 4.69) is 23.8 Å². The van der Waals surface area contributed by atoms with E-state index in [-0.39, 0.29) is 0 Å². The summed E-state index contributed by atoms with van der Waals surface area (Å²) in [6.45, 7) is 7.22. The van der Waals surface area contributed by atoms with Crippen molar-refractivity contribution in [3.8, 4) is 0 Å². The maximum atomic E-state index is 6.13. The molecule has 0 aromatic heterocycles. The van der Waals surface area contributed by atoms with E-state index in [1.807, 2.05) is 0 Å². The van der Waals surface area contributed by atoms with Gasteiger partial charge in [0.15, 0.2) is 0 Å². The van der Waals surface area contributed by atoms with Crippen molar-refractivity contribution >= 4 is 0 Å². The zero-order chi connectivity index (χ0) is 10.8. The Bertz CT molecular complexity index is 207. The summed E-state index contributed by atoms with van der Waals surface area (Å²) in [6, 6.07) is 1.17. The molecule has 1 saturated heterocycles. The van der Waals surface area contributed by atoms with E-state index >= 15 is 0 Å². The summed E-state index contributed by atoms with van der Waals surface area (Å²) in [5.74, 6) is 0.760. The second kappa shape index (κ2) is 4.81. The number of piperazine rings is 1. The highest BCUT2D eigenvalue weighted by molar-refractivity contribution is 4.86. The third kappa shape index (κ3) is 2.71. The lowest BCUT2D eigenvalue weighted by Crippen LogP contribution is -2.52. The molecule has 0 amide bonds. The van der Waals surface area contributed by atoms with Crippen LogP contribution in [0.15, 0.2) is 0 Å². The maximum absolute atomic E-state index is 6.13. The zero-order valence-electron chi connectivity index (χ0n) is 10.2. The molecule has 3 nitrogen and oxygen atoms in total. The van der Waals surface area contributed by atoms with Crippen molar-refractivity contribution in [1.82, 2.24) is 9.80 Å². The maximum Gasteiger partial charge on any atom is 0.0195 e. The normalized spacial score (nSPS) is 39.8. The third-order valence-electron chi connectivity index (χ3n) is 4.16. The quantitative estimate of drug-likeness (QED) is 0.731. The summed E-state index contributed by atoms with van der Waals surface area (Å²) in [6.07, 6.45) is 3.93. The monoisotopic (exact) mass is 211 g/mol. The Hall–Kier alpha value is -0.120. The van der Waals surface area contributed by atoms with Gasteiger partial charge in [0, 0.05) is 38.3 Å². The Labute approximate surface area is 93.6 Å². The molecule has 1 heterocycles. The van der Waals surface area contributed by atoms with Gasteiger partial charge in [-0.15, -0.1) is 0 Å². The van der Waals surface area contributed by atoms with Crippen LogP contribution in [0.1, 0.15) is 26.2 Å². The fourth-order valence-electron chi connectivity index (χ4n) is 3.04. The number of hydrogen-bond acceptors (Lipinski definition) is 3. The lowest BCUT2D eigenvalue weighted by Gasteiger charge is -2.40. The Balaban J connectivity index is 1.83. The molecule has 0 aromatic carbocycles. The number of nitrogens with zero attached hydrogens (tertiary/aromatic N) is 2. The van der Waals surface area contributed by atoms with Crippen LogP contribution in [-0.4, -0.2) is 55.1 Å². The smallest absolute Gasteiger partial charge is 0.0195 e. The summed E-state index contributed by atoms with van der Waals surface area (Å²) in [4.78, 5) is 5.06. The average Bonchev–Trinajstić information content (AvgIpc) is 2.57. The molecule has 15 heavy (non-hydrogen) atoms. The minimum Gasteiger partial charge on any atom is -0.327 e. The van der Waals surface area contributed by atoms with Crippen molar-refractivity contribution in [1.29, 1.82) is 0 Å². The van der Waals surface area contributed by atoms with Crippen LogP contribution in [0.2, 0.25) is 0 Å². The first-order valence-corrected chi connectivity index (χ1v) is 6.35. The first kappa shape index (κ1) is 11.4. The van der Waals surface area contributed by atoms with Gasteiger partial charge >= 0.3 is 0 Å². The van der Waals surface area contributed by atoms with Crippen molar-refractivity contribution in [2.45, 2.75) is 38.3 Å². The molecule has 2 rings (SSSR count). The number of nitrogens with two attached hydrogens (primary N) is 1. The summed E-state index contributed by atoms with van der Waals surface area (Å²) in [5.41, 5.74) is 6.13. The Morgan fingerprint density at radius 2 is 2.07 bits per heavy atom. The summed E-state index contributed by atoms with van der Waals surface area (Å²) >= 11 is 0. The molecule has 1 saturated carbocycles. The minimum atomic E-state index is 0.469. The van der Waals surface area contributed by atoms with Crippen molar-refractivity contribution in [2.75, 3.05) is 33.2 Å². The third-order valence-corrected chi connectivity index (χ3v) is 4.16. The van der Waals surface area contributed by atoms with Gasteiger partial charge in [0.25, 0.3) is 0 Å². The van der Waals surface area contributed by atoms with Crippen LogP contribution in [0.3, 0.4) is 0 Å². The summed E-state index contributed by atoms with van der Waals surface area (Å²) < 4.78 is 0. The van der Waals surface area contributed by atoms with Gasteiger partial charge < -0.3 is 10.6 Å². The molecule has 0 bridgehead atoms. The fraction of sp³-hybridized carbons (Fsp3) is 1.00. The molecule has 3 unspecified atom stereocenters. The molecule has 2 aliphatic rings. The van der Waals surface area contributed by atoms with E-state index in [0.717, 1.165) is 5.92 Å². The molecule has 3 heteroatoms. The van der Waals surface area contributed by atoms with E-state index in [4.69, 9.17) is 5.73 Å². The van der Waals surface area contributed by atoms with Gasteiger partial charge in [0.1, 0.15) is 0 Å². The molecule has 0 aromatic rings. The van der Waals surface area contributed by atoms with Crippen molar-refractivity contribution in [3.63, 3.8) is 0 Å². The predicted octanol–water partition coefficient (Wildman–Crippen LogP) is 0.750. The summed E-state index contributed by atoms with van der Waals surface area (Å²) in [5, 5.41) is 0. The van der Waals surface area contributed by atoms with Crippen LogP contribution in [0.4, 0.5) is 0 Å². The van der Waals surface area contributed by atoms with E-state index < -0.39 is 0 Å². The lowest BCUT2D eigenvalue weighted by molar-refractivity contribution is 0.0834. The molecular formula is C12H25N3. The van der Waals surface area contributed by atoms with Gasteiger partial charge in [-0.05, 0) is 32.7 Å². The van der Waals surface area contributed by atoms with Crippen LogP contribution >= 0.6 is 0 Å². The standard InChI is InChI=1S/C12H25N3/c1-10-8-14(2)6-7-15(10)9-11-4-3-5-12(11)13/h10-12H,3-9,13H2,1-2H3. The van der Waals surface area contributed by atoms with Crippen LogP contribution < -0.4 is 5.73 Å². The SMILES string of the molecule is CC1CN(C)CCN1CC1CCCC1N. The first-order chi connectivity index (χ1) is 7.16. The van der Waals surface area contributed by atoms with Crippen molar-refractivity contribution in [3.05, 3.63) is 0 Å². The van der Waals surface area contributed by atoms with Crippen LogP contribution in [0.5, 0.6) is 0 Å². The van der Waals surface area contributed by atoms with Gasteiger partial charge in [-0.1, -0.05) is 6.42 Å². The molecule has 2 N–H and O–H groups in total. The average molecular weight is 211 g/mol. The van der Waals surface area contributed by atoms with Crippen molar-refractivity contribution < 1.29 is 0 Å². The molecule has 1 aliphatic heterocycles. The predicted molar refractivity (Wildman–Crippen MR) is 63.8 cm³/mol. The Morgan fingerprint density at radius 1 is 1.27 bits per heavy atom. The van der Waals surface area contributed by atoms with E-state index in [1.165, 1.54) is 45.4 Å². The van der Waals surface area contributed by atoms with Gasteiger partial charge in [0.05, 0.1) is 0 Å². The Kier molecular flexibility index (Phi) is 3.65. The van der Waals surface area contributed by atoms with Gasteiger partial charge in [-0.2, -0.15) is 0 Å². The molecule has 88 valence electrons. The zero-order valence-corrected chi connectivity index (χ0v) is 10.2. The van der Waals surface area contributed by atoms with Crippen LogP contribution in [-0.2, 0) is 0 Å². The number of likely N-dealkylation sites (N-methyl/N-ethyl adjacent to an activating group) is 1. The van der Waals surface area contributed by atoms with Gasteiger partial charge in [-0.3, -0.25) is 4.90 Å². The molecule has 3 atom stereocenters. The highest BCUT2D eigenvalue weighted by atomic mass is 15.3. The lowest BCUT2D eigenvalue weighted by atomic mass is 10.0. The van der Waals surface area contributed by atoms with Crippen LogP contribution in [0.25, 0.3) is 0 Å². The van der Waals surface area contributed by atoms with E-state index in [0.29, 0.717) is 12.1 Å². The topological polar surface area (TPSA) is 32.5 Å². The number of rotatable bonds is 2.